The summed E-state index contributed by atoms with van der Waals surface area (Å²) in [5.74, 6) is -1.41. The van der Waals surface area contributed by atoms with E-state index in [-0.39, 0.29) is 10.7 Å². The summed E-state index contributed by atoms with van der Waals surface area (Å²) >= 11 is 0. The molecule has 1 aromatic rings. The Bertz CT molecular complexity index is 807. The molecule has 0 aliphatic carbocycles. The van der Waals surface area contributed by atoms with E-state index < -0.39 is 34.3 Å². The van der Waals surface area contributed by atoms with Crippen molar-refractivity contribution >= 4 is 22.1 Å². The van der Waals surface area contributed by atoms with Gasteiger partial charge in [0.1, 0.15) is 5.76 Å². The standard InChI is InChI=1S/C19H24O7S/c1-6-8-18(25-15(5)21)19(17(7-2)24-14(4)20)26-27(22,23)16-11-9-13(3)10-12-16/h7-12,17,19H,2,6H2,1,3-5H3/t17-,19?/m1/s1. The molecule has 148 valence electrons. The predicted octanol–water partition coefficient (Wildman–Crippen LogP) is 3.04. The van der Waals surface area contributed by atoms with Crippen molar-refractivity contribution in [1.29, 1.82) is 0 Å². The fourth-order valence-corrected chi connectivity index (χ4v) is 3.23. The highest BCUT2D eigenvalue weighted by molar-refractivity contribution is 7.86. The normalized spacial score (nSPS) is 14.1. The summed E-state index contributed by atoms with van der Waals surface area (Å²) in [6.07, 6.45) is 0.540. The molecule has 8 heteroatoms. The third kappa shape index (κ3) is 6.99. The Morgan fingerprint density at radius 2 is 1.74 bits per heavy atom. The van der Waals surface area contributed by atoms with E-state index in [9.17, 15) is 18.0 Å². The lowest BCUT2D eigenvalue weighted by Gasteiger charge is -2.25. The van der Waals surface area contributed by atoms with Gasteiger partial charge in [0.05, 0.1) is 4.90 Å². The molecule has 0 fully saturated rings. The number of ether oxygens (including phenoxy) is 2. The molecule has 1 aromatic carbocycles. The second-order valence-electron chi connectivity index (χ2n) is 5.70. The van der Waals surface area contributed by atoms with Crippen molar-refractivity contribution in [3.63, 3.8) is 0 Å². The van der Waals surface area contributed by atoms with Crippen LogP contribution in [-0.4, -0.2) is 32.6 Å². The van der Waals surface area contributed by atoms with Crippen molar-refractivity contribution in [3.8, 4) is 0 Å². The molecule has 0 radical (unpaired) electrons. The number of carbonyl (C=O) groups excluding carboxylic acids is 2. The van der Waals surface area contributed by atoms with Gasteiger partial charge < -0.3 is 9.47 Å². The third-order valence-corrected chi connectivity index (χ3v) is 4.63. The molecule has 1 rings (SSSR count). The molecule has 27 heavy (non-hydrogen) atoms. The van der Waals surface area contributed by atoms with E-state index in [0.29, 0.717) is 6.42 Å². The van der Waals surface area contributed by atoms with Crippen LogP contribution in [0.15, 0.2) is 53.7 Å². The molecule has 0 aromatic heterocycles. The van der Waals surface area contributed by atoms with Crippen molar-refractivity contribution in [3.05, 3.63) is 54.3 Å². The van der Waals surface area contributed by atoms with Crippen LogP contribution in [0.5, 0.6) is 0 Å². The molecular weight excluding hydrogens is 372 g/mol. The highest BCUT2D eigenvalue weighted by Crippen LogP contribution is 2.24. The molecule has 7 nitrogen and oxygen atoms in total. The molecule has 0 amide bonds. The second kappa shape index (κ2) is 10.0. The summed E-state index contributed by atoms with van der Waals surface area (Å²) in [7, 11) is -4.24. The lowest BCUT2D eigenvalue weighted by atomic mass is 10.1. The van der Waals surface area contributed by atoms with Crippen LogP contribution in [0, 0.1) is 6.92 Å². The Labute approximate surface area is 159 Å². The second-order valence-corrected chi connectivity index (χ2v) is 7.27. The molecule has 0 saturated heterocycles. The number of aryl methyl sites for hydroxylation is 1. The topological polar surface area (TPSA) is 96.0 Å². The van der Waals surface area contributed by atoms with Crippen LogP contribution in [0.25, 0.3) is 0 Å². The van der Waals surface area contributed by atoms with Gasteiger partial charge in [-0.05, 0) is 37.6 Å². The molecule has 2 atom stereocenters. The van der Waals surface area contributed by atoms with Crippen LogP contribution < -0.4 is 0 Å². The average Bonchev–Trinajstić information content (AvgIpc) is 2.57. The van der Waals surface area contributed by atoms with E-state index in [4.69, 9.17) is 13.7 Å². The third-order valence-electron chi connectivity index (χ3n) is 3.32. The Balaban J connectivity index is 3.36. The lowest BCUT2D eigenvalue weighted by molar-refractivity contribution is -0.149. The zero-order chi connectivity index (χ0) is 20.6. The lowest BCUT2D eigenvalue weighted by Crippen LogP contribution is -2.36. The highest BCUT2D eigenvalue weighted by atomic mass is 32.2. The van der Waals surface area contributed by atoms with Gasteiger partial charge >= 0.3 is 11.9 Å². The van der Waals surface area contributed by atoms with E-state index in [2.05, 4.69) is 6.58 Å². The molecule has 0 aliphatic rings. The van der Waals surface area contributed by atoms with Gasteiger partial charge in [-0.15, -0.1) is 0 Å². The zero-order valence-corrected chi connectivity index (χ0v) is 16.6. The van der Waals surface area contributed by atoms with Gasteiger partial charge in [0, 0.05) is 13.8 Å². The molecule has 0 heterocycles. The number of allylic oxidation sites excluding steroid dienone is 1. The monoisotopic (exact) mass is 396 g/mol. The molecular formula is C19H24O7S. The first-order valence-corrected chi connectivity index (χ1v) is 9.69. The van der Waals surface area contributed by atoms with Crippen molar-refractivity contribution in [1.82, 2.24) is 0 Å². The summed E-state index contributed by atoms with van der Waals surface area (Å²) in [5, 5.41) is 0. The fourth-order valence-electron chi connectivity index (χ4n) is 2.17. The molecule has 1 unspecified atom stereocenters. The van der Waals surface area contributed by atoms with Gasteiger partial charge in [-0.3, -0.25) is 13.8 Å². The fraction of sp³-hybridized carbons (Fsp3) is 0.368. The first-order valence-electron chi connectivity index (χ1n) is 8.29. The van der Waals surface area contributed by atoms with Crippen LogP contribution >= 0.6 is 0 Å². The number of rotatable bonds is 9. The van der Waals surface area contributed by atoms with Crippen LogP contribution in [-0.2, 0) is 33.4 Å². The summed E-state index contributed by atoms with van der Waals surface area (Å²) in [4.78, 5) is 22.7. The van der Waals surface area contributed by atoms with E-state index in [1.165, 1.54) is 31.2 Å². The predicted molar refractivity (Wildman–Crippen MR) is 99.1 cm³/mol. The van der Waals surface area contributed by atoms with Gasteiger partial charge in [-0.1, -0.05) is 31.2 Å². The Hall–Kier alpha value is -2.45. The van der Waals surface area contributed by atoms with Crippen molar-refractivity contribution in [2.24, 2.45) is 0 Å². The summed E-state index contributed by atoms with van der Waals surface area (Å²) in [5.41, 5.74) is 0.876. The maximum atomic E-state index is 12.7. The van der Waals surface area contributed by atoms with Crippen molar-refractivity contribution in [2.75, 3.05) is 0 Å². The Kier molecular flexibility index (Phi) is 8.39. The average molecular weight is 396 g/mol. The number of hydrogen-bond donors (Lipinski definition) is 0. The summed E-state index contributed by atoms with van der Waals surface area (Å²) in [6, 6.07) is 6.03. The minimum absolute atomic E-state index is 0.0770. The number of hydrogen-bond acceptors (Lipinski definition) is 7. The van der Waals surface area contributed by atoms with Crippen LogP contribution in [0.2, 0.25) is 0 Å². The molecule has 0 N–H and O–H groups in total. The maximum absolute atomic E-state index is 12.7. The van der Waals surface area contributed by atoms with E-state index in [1.807, 2.05) is 6.92 Å². The van der Waals surface area contributed by atoms with Crippen LogP contribution in [0.1, 0.15) is 32.8 Å². The van der Waals surface area contributed by atoms with E-state index >= 15 is 0 Å². The molecule has 0 saturated carbocycles. The van der Waals surface area contributed by atoms with E-state index in [1.54, 1.807) is 19.1 Å². The van der Waals surface area contributed by atoms with Crippen LogP contribution in [0.3, 0.4) is 0 Å². The van der Waals surface area contributed by atoms with Gasteiger partial charge in [0.2, 0.25) is 0 Å². The summed E-state index contributed by atoms with van der Waals surface area (Å²) < 4.78 is 40.9. The first-order chi connectivity index (χ1) is 12.6. The van der Waals surface area contributed by atoms with E-state index in [0.717, 1.165) is 12.5 Å². The Morgan fingerprint density at radius 3 is 2.19 bits per heavy atom. The minimum Gasteiger partial charge on any atom is -0.455 e. The Morgan fingerprint density at radius 1 is 1.15 bits per heavy atom. The molecule has 0 bridgehead atoms. The van der Waals surface area contributed by atoms with Crippen LogP contribution in [0.4, 0.5) is 0 Å². The maximum Gasteiger partial charge on any atom is 0.307 e. The van der Waals surface area contributed by atoms with Gasteiger partial charge in [-0.2, -0.15) is 8.42 Å². The van der Waals surface area contributed by atoms with Gasteiger partial charge in [-0.25, -0.2) is 0 Å². The number of carbonyl (C=O) groups is 2. The number of esters is 2. The minimum atomic E-state index is -4.24. The van der Waals surface area contributed by atoms with Crippen molar-refractivity contribution < 1.29 is 31.7 Å². The molecule has 0 spiro atoms. The number of benzene rings is 1. The largest absolute Gasteiger partial charge is 0.455 e. The smallest absolute Gasteiger partial charge is 0.307 e. The SMILES string of the molecule is C=C[C@@H](OC(C)=O)C(OS(=O)(=O)c1ccc(C)cc1)C(=CCC)OC(C)=O. The summed E-state index contributed by atoms with van der Waals surface area (Å²) in [6.45, 7) is 9.47. The highest BCUT2D eigenvalue weighted by Gasteiger charge is 2.34. The first kappa shape index (κ1) is 22.6. The molecule has 0 aliphatic heterocycles. The van der Waals surface area contributed by atoms with Gasteiger partial charge in [0.25, 0.3) is 10.1 Å². The quantitative estimate of drug-likeness (QED) is 0.274. The van der Waals surface area contributed by atoms with Gasteiger partial charge in [0.15, 0.2) is 12.2 Å². The van der Waals surface area contributed by atoms with Crippen molar-refractivity contribution in [2.45, 2.75) is 51.2 Å². The zero-order valence-electron chi connectivity index (χ0n) is 15.8.